The Bertz CT molecular complexity index is 834. The van der Waals surface area contributed by atoms with E-state index in [-0.39, 0.29) is 6.01 Å². The van der Waals surface area contributed by atoms with Crippen molar-refractivity contribution in [1.29, 1.82) is 0 Å². The molecule has 3 aromatic rings. The smallest absolute Gasteiger partial charge is 0.323 e. The summed E-state index contributed by atoms with van der Waals surface area (Å²) >= 11 is 3.68. The van der Waals surface area contributed by atoms with Gasteiger partial charge in [-0.05, 0) is 27.1 Å². The summed E-state index contributed by atoms with van der Waals surface area (Å²) in [5.74, 6) is 0.776. The fourth-order valence-corrected chi connectivity index (χ4v) is 2.94. The molecule has 0 unspecified atom stereocenters. The number of aromatic nitrogens is 2. The molecule has 1 heterocycles. The zero-order valence-electron chi connectivity index (χ0n) is 13.9. The van der Waals surface area contributed by atoms with E-state index in [4.69, 9.17) is 14.2 Å². The highest BCUT2D eigenvalue weighted by Gasteiger charge is 2.11. The Morgan fingerprint density at radius 2 is 1.56 bits per heavy atom. The number of hydrogen-bond acceptors (Lipinski definition) is 5. The number of nitrogens with zero attached hydrogens (tertiary/aromatic N) is 2. The van der Waals surface area contributed by atoms with E-state index in [0.29, 0.717) is 18.4 Å². The van der Waals surface area contributed by atoms with Gasteiger partial charge in [0, 0.05) is 10.0 Å². The Morgan fingerprint density at radius 3 is 2.20 bits per heavy atom. The molecule has 0 radical (unpaired) electrons. The lowest BCUT2D eigenvalue weighted by Crippen LogP contribution is -2.03. The normalized spacial score (nSPS) is 10.4. The monoisotopic (exact) mass is 400 g/mol. The van der Waals surface area contributed by atoms with Gasteiger partial charge in [0.2, 0.25) is 11.8 Å². The number of rotatable bonds is 6. The minimum atomic E-state index is 0.202. The van der Waals surface area contributed by atoms with Gasteiger partial charge in [0.25, 0.3) is 0 Å². The Hall–Kier alpha value is -2.60. The molecule has 0 amide bonds. The number of ether oxygens (including phenoxy) is 3. The minimum absolute atomic E-state index is 0.202. The van der Waals surface area contributed by atoms with Crippen molar-refractivity contribution < 1.29 is 14.2 Å². The van der Waals surface area contributed by atoms with Crippen LogP contribution >= 0.6 is 15.9 Å². The second kappa shape index (κ2) is 7.98. The van der Waals surface area contributed by atoms with Gasteiger partial charge in [0.1, 0.15) is 6.61 Å². The lowest BCUT2D eigenvalue weighted by Gasteiger charge is -2.11. The van der Waals surface area contributed by atoms with Gasteiger partial charge in [-0.3, -0.25) is 0 Å². The molecule has 0 saturated heterocycles. The molecule has 0 bridgehead atoms. The van der Waals surface area contributed by atoms with E-state index in [1.165, 1.54) is 14.2 Å². The van der Waals surface area contributed by atoms with Crippen LogP contribution in [0, 0.1) is 0 Å². The van der Waals surface area contributed by atoms with E-state index < -0.39 is 0 Å². The van der Waals surface area contributed by atoms with E-state index in [0.717, 1.165) is 21.2 Å². The van der Waals surface area contributed by atoms with Crippen molar-refractivity contribution in [3.05, 3.63) is 64.6 Å². The number of hydrogen-bond donors (Lipinski definition) is 0. The van der Waals surface area contributed by atoms with Gasteiger partial charge < -0.3 is 14.2 Å². The predicted octanol–water partition coefficient (Wildman–Crippen LogP) is 4.50. The molecule has 0 atom stereocenters. The van der Waals surface area contributed by atoms with Gasteiger partial charge in [-0.15, -0.1) is 0 Å². The average Bonchev–Trinajstić information content (AvgIpc) is 2.67. The van der Waals surface area contributed by atoms with E-state index in [9.17, 15) is 0 Å². The molecule has 0 aliphatic rings. The summed E-state index contributed by atoms with van der Waals surface area (Å²) in [6.45, 7) is 0.317. The fourth-order valence-electron chi connectivity index (χ4n) is 2.33. The zero-order chi connectivity index (χ0) is 17.6. The molecule has 0 fully saturated rings. The van der Waals surface area contributed by atoms with Crippen LogP contribution in [0.15, 0.2) is 59.1 Å². The van der Waals surface area contributed by atoms with Crippen molar-refractivity contribution in [2.24, 2.45) is 0 Å². The van der Waals surface area contributed by atoms with E-state index in [2.05, 4.69) is 44.1 Å². The summed E-state index contributed by atoms with van der Waals surface area (Å²) in [5, 5.41) is 0. The second-order valence-electron chi connectivity index (χ2n) is 5.17. The summed E-state index contributed by atoms with van der Waals surface area (Å²) in [6, 6.07) is 18.0. The maximum Gasteiger partial charge on any atom is 0.323 e. The Morgan fingerprint density at radius 1 is 0.880 bits per heavy atom. The molecule has 3 rings (SSSR count). The molecule has 0 aliphatic heterocycles. The van der Waals surface area contributed by atoms with Gasteiger partial charge in [-0.1, -0.05) is 48.5 Å². The van der Waals surface area contributed by atoms with Crippen LogP contribution in [0.3, 0.4) is 0 Å². The van der Waals surface area contributed by atoms with Crippen molar-refractivity contribution in [3.63, 3.8) is 0 Å². The maximum atomic E-state index is 5.74. The first-order chi connectivity index (χ1) is 12.2. The Labute approximate surface area is 154 Å². The van der Waals surface area contributed by atoms with E-state index >= 15 is 0 Å². The first kappa shape index (κ1) is 17.2. The molecular weight excluding hydrogens is 384 g/mol. The molecule has 0 N–H and O–H groups in total. The quantitative estimate of drug-likeness (QED) is 0.609. The van der Waals surface area contributed by atoms with Crippen molar-refractivity contribution in [2.75, 3.05) is 14.2 Å². The van der Waals surface area contributed by atoms with Crippen LogP contribution in [0.2, 0.25) is 0 Å². The lowest BCUT2D eigenvalue weighted by atomic mass is 10.0. The first-order valence-corrected chi connectivity index (χ1v) is 8.43. The number of halogens is 1. The van der Waals surface area contributed by atoms with Gasteiger partial charge in [0.15, 0.2) is 0 Å². The van der Waals surface area contributed by atoms with Crippen LogP contribution in [0.4, 0.5) is 0 Å². The number of benzene rings is 2. The van der Waals surface area contributed by atoms with Crippen LogP contribution < -0.4 is 14.2 Å². The zero-order valence-corrected chi connectivity index (χ0v) is 15.5. The van der Waals surface area contributed by atoms with E-state index in [1.54, 1.807) is 6.07 Å². The Kier molecular flexibility index (Phi) is 5.50. The van der Waals surface area contributed by atoms with Gasteiger partial charge in [0.05, 0.1) is 20.3 Å². The highest BCUT2D eigenvalue weighted by Crippen LogP contribution is 2.31. The van der Waals surface area contributed by atoms with Crippen LogP contribution in [0.1, 0.15) is 5.56 Å². The van der Waals surface area contributed by atoms with Crippen LogP contribution in [-0.2, 0) is 6.61 Å². The van der Waals surface area contributed by atoms with Gasteiger partial charge >= 0.3 is 6.01 Å². The van der Waals surface area contributed by atoms with Crippen LogP contribution in [0.25, 0.3) is 11.1 Å². The summed E-state index contributed by atoms with van der Waals surface area (Å²) in [5.41, 5.74) is 3.23. The van der Waals surface area contributed by atoms with Gasteiger partial charge in [-0.25, -0.2) is 0 Å². The highest BCUT2D eigenvalue weighted by molar-refractivity contribution is 9.10. The SMILES string of the molecule is COc1cc(OC)nc(OCc2cccc(-c3ccccc3)c2Br)n1. The Balaban J connectivity index is 1.83. The standard InChI is InChI=1S/C19H17BrN2O3/c1-23-16-11-17(24-2)22-19(21-16)25-12-14-9-6-10-15(18(14)20)13-7-4-3-5-8-13/h3-11H,12H2,1-2H3. The third kappa shape index (κ3) is 4.09. The molecule has 1 aromatic heterocycles. The van der Waals surface area contributed by atoms with Crippen molar-refractivity contribution in [1.82, 2.24) is 9.97 Å². The fraction of sp³-hybridized carbons (Fsp3) is 0.158. The largest absolute Gasteiger partial charge is 0.481 e. The lowest BCUT2D eigenvalue weighted by molar-refractivity contribution is 0.265. The van der Waals surface area contributed by atoms with E-state index in [1.807, 2.05) is 30.3 Å². The predicted molar refractivity (Wildman–Crippen MR) is 99.0 cm³/mol. The maximum absolute atomic E-state index is 5.74. The average molecular weight is 401 g/mol. The third-order valence-corrected chi connectivity index (χ3v) is 4.53. The molecule has 128 valence electrons. The molecule has 0 aliphatic carbocycles. The number of methoxy groups -OCH3 is 2. The molecule has 6 heteroatoms. The van der Waals surface area contributed by atoms with Gasteiger partial charge in [-0.2, -0.15) is 9.97 Å². The third-order valence-electron chi connectivity index (χ3n) is 3.60. The molecule has 5 nitrogen and oxygen atoms in total. The second-order valence-corrected chi connectivity index (χ2v) is 5.96. The first-order valence-electron chi connectivity index (χ1n) is 7.64. The molecular formula is C19H17BrN2O3. The topological polar surface area (TPSA) is 53.5 Å². The van der Waals surface area contributed by atoms with Crippen molar-refractivity contribution >= 4 is 15.9 Å². The summed E-state index contributed by atoms with van der Waals surface area (Å²) < 4.78 is 17.0. The minimum Gasteiger partial charge on any atom is -0.481 e. The highest BCUT2D eigenvalue weighted by atomic mass is 79.9. The van der Waals surface area contributed by atoms with Crippen LogP contribution in [-0.4, -0.2) is 24.2 Å². The molecule has 2 aromatic carbocycles. The van der Waals surface area contributed by atoms with Crippen molar-refractivity contribution in [2.45, 2.75) is 6.61 Å². The summed E-state index contributed by atoms with van der Waals surface area (Å²) in [7, 11) is 3.07. The van der Waals surface area contributed by atoms with Crippen LogP contribution in [0.5, 0.6) is 17.8 Å². The summed E-state index contributed by atoms with van der Waals surface area (Å²) in [4.78, 5) is 8.35. The van der Waals surface area contributed by atoms with Crippen molar-refractivity contribution in [3.8, 4) is 28.9 Å². The molecule has 0 spiro atoms. The summed E-state index contributed by atoms with van der Waals surface area (Å²) in [6.07, 6.45) is 0. The molecule has 25 heavy (non-hydrogen) atoms. The molecule has 0 saturated carbocycles.